The highest BCUT2D eigenvalue weighted by Gasteiger charge is 2.08. The highest BCUT2D eigenvalue weighted by Crippen LogP contribution is 2.31. The van der Waals surface area contributed by atoms with Gasteiger partial charge in [0.25, 0.3) is 0 Å². The van der Waals surface area contributed by atoms with E-state index in [9.17, 15) is 15.0 Å². The summed E-state index contributed by atoms with van der Waals surface area (Å²) in [6.07, 6.45) is 0. The first-order chi connectivity index (χ1) is 13.0. The van der Waals surface area contributed by atoms with E-state index in [2.05, 4.69) is 10.6 Å². The number of benzene rings is 3. The van der Waals surface area contributed by atoms with Gasteiger partial charge in [0.1, 0.15) is 17.2 Å². The highest BCUT2D eigenvalue weighted by atomic mass is 16.5. The first kappa shape index (κ1) is 18.1. The van der Waals surface area contributed by atoms with Crippen molar-refractivity contribution in [2.75, 3.05) is 10.6 Å². The molecule has 1 amide bonds. The topological polar surface area (TPSA) is 90.8 Å². The number of carbonyl (C=O) groups is 1. The van der Waals surface area contributed by atoms with E-state index in [0.717, 1.165) is 11.3 Å². The maximum Gasteiger partial charge on any atom is 0.221 e. The molecule has 0 aromatic heterocycles. The molecule has 0 spiro atoms. The quantitative estimate of drug-likeness (QED) is 0.485. The molecule has 0 saturated carbocycles. The summed E-state index contributed by atoms with van der Waals surface area (Å²) in [5, 5.41) is 25.2. The third-order valence-corrected chi connectivity index (χ3v) is 3.82. The Morgan fingerprint density at radius 1 is 0.926 bits per heavy atom. The smallest absolute Gasteiger partial charge is 0.221 e. The average Bonchev–Trinajstić information content (AvgIpc) is 2.64. The lowest BCUT2D eigenvalue weighted by molar-refractivity contribution is -0.114. The van der Waals surface area contributed by atoms with Crippen LogP contribution in [0, 0.1) is 0 Å². The highest BCUT2D eigenvalue weighted by molar-refractivity contribution is 5.89. The Morgan fingerprint density at radius 3 is 2.37 bits per heavy atom. The summed E-state index contributed by atoms with van der Waals surface area (Å²) in [6, 6.07) is 18.7. The van der Waals surface area contributed by atoms with Crippen LogP contribution in [-0.2, 0) is 11.3 Å². The standard InChI is InChI=1S/C21H20N2O4/c1-14(24)23-19-11-8-17(26)12-15(19)13-22-20-4-2-3-5-21(20)27-18-9-6-16(25)7-10-18/h2-12,22,25-26H,13H2,1H3,(H,23,24). The van der Waals surface area contributed by atoms with Gasteiger partial charge < -0.3 is 25.6 Å². The number of phenols is 2. The van der Waals surface area contributed by atoms with Gasteiger partial charge in [-0.25, -0.2) is 0 Å². The molecule has 0 aliphatic heterocycles. The molecule has 0 aliphatic carbocycles. The molecule has 0 heterocycles. The zero-order chi connectivity index (χ0) is 19.2. The van der Waals surface area contributed by atoms with Crippen LogP contribution in [0.5, 0.6) is 23.0 Å². The number of rotatable bonds is 6. The Bertz CT molecular complexity index is 939. The SMILES string of the molecule is CC(=O)Nc1ccc(O)cc1CNc1ccccc1Oc1ccc(O)cc1. The Kier molecular flexibility index (Phi) is 5.47. The lowest BCUT2D eigenvalue weighted by Crippen LogP contribution is -2.10. The molecule has 0 atom stereocenters. The fraction of sp³-hybridized carbons (Fsp3) is 0.0952. The number of aromatic hydroxyl groups is 2. The van der Waals surface area contributed by atoms with Crippen molar-refractivity contribution >= 4 is 17.3 Å². The number of anilines is 2. The Balaban J connectivity index is 1.78. The van der Waals surface area contributed by atoms with Crippen molar-refractivity contribution in [2.45, 2.75) is 13.5 Å². The molecule has 6 heteroatoms. The number of hydrogen-bond acceptors (Lipinski definition) is 5. The molecule has 0 bridgehead atoms. The van der Waals surface area contributed by atoms with Gasteiger partial charge in [-0.3, -0.25) is 4.79 Å². The number of hydrogen-bond donors (Lipinski definition) is 4. The van der Waals surface area contributed by atoms with E-state index in [1.54, 1.807) is 36.4 Å². The third-order valence-electron chi connectivity index (χ3n) is 3.82. The molecule has 3 aromatic rings. The lowest BCUT2D eigenvalue weighted by atomic mass is 10.1. The second kappa shape index (κ2) is 8.14. The molecule has 3 aromatic carbocycles. The average molecular weight is 364 g/mol. The van der Waals surface area contributed by atoms with Gasteiger partial charge in [0, 0.05) is 19.2 Å². The minimum atomic E-state index is -0.182. The number of amides is 1. The van der Waals surface area contributed by atoms with Gasteiger partial charge >= 0.3 is 0 Å². The summed E-state index contributed by atoms with van der Waals surface area (Å²) in [4.78, 5) is 11.4. The number of para-hydroxylation sites is 2. The molecule has 6 nitrogen and oxygen atoms in total. The maximum absolute atomic E-state index is 11.4. The Morgan fingerprint density at radius 2 is 1.63 bits per heavy atom. The zero-order valence-electron chi connectivity index (χ0n) is 14.8. The molecule has 0 fully saturated rings. The third kappa shape index (κ3) is 4.92. The monoisotopic (exact) mass is 364 g/mol. The molecular weight excluding hydrogens is 344 g/mol. The second-order valence-corrected chi connectivity index (χ2v) is 5.97. The van der Waals surface area contributed by atoms with E-state index in [-0.39, 0.29) is 17.4 Å². The van der Waals surface area contributed by atoms with Crippen molar-refractivity contribution in [3.63, 3.8) is 0 Å². The predicted molar refractivity (Wildman–Crippen MR) is 104 cm³/mol. The number of phenolic OH excluding ortho intramolecular Hbond substituents is 2. The van der Waals surface area contributed by atoms with Crippen LogP contribution in [0.1, 0.15) is 12.5 Å². The minimum absolute atomic E-state index is 0.120. The second-order valence-electron chi connectivity index (χ2n) is 5.97. The fourth-order valence-electron chi connectivity index (χ4n) is 2.57. The van der Waals surface area contributed by atoms with Crippen LogP contribution in [0.3, 0.4) is 0 Å². The van der Waals surface area contributed by atoms with Crippen LogP contribution >= 0.6 is 0 Å². The van der Waals surface area contributed by atoms with E-state index in [4.69, 9.17) is 4.74 Å². The van der Waals surface area contributed by atoms with Crippen molar-refractivity contribution in [3.8, 4) is 23.0 Å². The molecule has 138 valence electrons. The molecule has 4 N–H and O–H groups in total. The number of ether oxygens (including phenoxy) is 1. The predicted octanol–water partition coefficient (Wildman–Crippen LogP) is 4.46. The van der Waals surface area contributed by atoms with Gasteiger partial charge in [0.2, 0.25) is 5.91 Å². The van der Waals surface area contributed by atoms with Gasteiger partial charge in [0.15, 0.2) is 5.75 Å². The number of carbonyl (C=O) groups excluding carboxylic acids is 1. The van der Waals surface area contributed by atoms with Gasteiger partial charge in [0.05, 0.1) is 5.69 Å². The van der Waals surface area contributed by atoms with Gasteiger partial charge in [-0.2, -0.15) is 0 Å². The summed E-state index contributed by atoms with van der Waals surface area (Å²) in [6.45, 7) is 1.81. The van der Waals surface area contributed by atoms with E-state index in [1.807, 2.05) is 24.3 Å². The lowest BCUT2D eigenvalue weighted by Gasteiger charge is -2.15. The van der Waals surface area contributed by atoms with Crippen molar-refractivity contribution in [2.24, 2.45) is 0 Å². The van der Waals surface area contributed by atoms with Crippen LogP contribution < -0.4 is 15.4 Å². The van der Waals surface area contributed by atoms with Crippen molar-refractivity contribution in [1.29, 1.82) is 0 Å². The number of nitrogens with one attached hydrogen (secondary N) is 2. The van der Waals surface area contributed by atoms with Crippen molar-refractivity contribution in [1.82, 2.24) is 0 Å². The van der Waals surface area contributed by atoms with Crippen molar-refractivity contribution in [3.05, 3.63) is 72.3 Å². The van der Waals surface area contributed by atoms with Crippen LogP contribution in [0.2, 0.25) is 0 Å². The minimum Gasteiger partial charge on any atom is -0.508 e. The van der Waals surface area contributed by atoms with Crippen LogP contribution in [0.25, 0.3) is 0 Å². The first-order valence-electron chi connectivity index (χ1n) is 8.40. The summed E-state index contributed by atoms with van der Waals surface area (Å²) in [7, 11) is 0. The summed E-state index contributed by atoms with van der Waals surface area (Å²) < 4.78 is 5.88. The zero-order valence-corrected chi connectivity index (χ0v) is 14.8. The molecular formula is C21H20N2O4. The molecule has 0 aliphatic rings. The first-order valence-corrected chi connectivity index (χ1v) is 8.40. The van der Waals surface area contributed by atoms with Gasteiger partial charge in [-0.05, 0) is 60.2 Å². The summed E-state index contributed by atoms with van der Waals surface area (Å²) in [5.74, 6) is 1.32. The van der Waals surface area contributed by atoms with E-state index < -0.39 is 0 Å². The Labute approximate surface area is 157 Å². The molecule has 0 saturated heterocycles. The molecule has 27 heavy (non-hydrogen) atoms. The van der Waals surface area contributed by atoms with Crippen LogP contribution in [-0.4, -0.2) is 16.1 Å². The summed E-state index contributed by atoms with van der Waals surface area (Å²) >= 11 is 0. The van der Waals surface area contributed by atoms with E-state index in [1.165, 1.54) is 13.0 Å². The normalized spacial score (nSPS) is 10.3. The largest absolute Gasteiger partial charge is 0.508 e. The van der Waals surface area contributed by atoms with Gasteiger partial charge in [-0.15, -0.1) is 0 Å². The maximum atomic E-state index is 11.4. The molecule has 0 unspecified atom stereocenters. The fourth-order valence-corrected chi connectivity index (χ4v) is 2.57. The van der Waals surface area contributed by atoms with Gasteiger partial charge in [-0.1, -0.05) is 12.1 Å². The van der Waals surface area contributed by atoms with Crippen molar-refractivity contribution < 1.29 is 19.7 Å². The van der Waals surface area contributed by atoms with E-state index >= 15 is 0 Å². The molecule has 3 rings (SSSR count). The Hall–Kier alpha value is -3.67. The molecule has 0 radical (unpaired) electrons. The summed E-state index contributed by atoms with van der Waals surface area (Å²) in [5.41, 5.74) is 2.12. The van der Waals surface area contributed by atoms with Crippen LogP contribution in [0.15, 0.2) is 66.7 Å². The van der Waals surface area contributed by atoms with E-state index in [0.29, 0.717) is 23.7 Å². The van der Waals surface area contributed by atoms with Crippen LogP contribution in [0.4, 0.5) is 11.4 Å².